The number of benzene rings is 1. The molecule has 1 aromatic rings. The molecule has 1 saturated heterocycles. The van der Waals surface area contributed by atoms with Crippen molar-refractivity contribution in [3.8, 4) is 0 Å². The van der Waals surface area contributed by atoms with Gasteiger partial charge in [-0.3, -0.25) is 9.69 Å². The van der Waals surface area contributed by atoms with Crippen LogP contribution >= 0.6 is 0 Å². The first kappa shape index (κ1) is 21.2. The van der Waals surface area contributed by atoms with Crippen molar-refractivity contribution < 1.29 is 4.79 Å². The molecule has 0 unspecified atom stereocenters. The topological polar surface area (TPSA) is 35.6 Å². The second kappa shape index (κ2) is 8.43. The van der Waals surface area contributed by atoms with E-state index in [1.807, 2.05) is 0 Å². The second-order valence-electron chi connectivity index (χ2n) is 11.6. The van der Waals surface area contributed by atoms with Crippen LogP contribution in [0, 0.1) is 23.7 Å². The summed E-state index contributed by atoms with van der Waals surface area (Å²) in [4.78, 5) is 18.3. The van der Waals surface area contributed by atoms with E-state index in [2.05, 4.69) is 53.2 Å². The number of fused-ring (bicyclic) bond motifs is 1. The van der Waals surface area contributed by atoms with Crippen molar-refractivity contribution in [3.05, 3.63) is 35.4 Å². The van der Waals surface area contributed by atoms with E-state index in [0.717, 1.165) is 62.6 Å². The quantitative estimate of drug-likeness (QED) is 0.737. The fraction of sp³-hybridized carbons (Fsp3) is 0.750. The van der Waals surface area contributed by atoms with Crippen LogP contribution in [0.5, 0.6) is 0 Å². The Morgan fingerprint density at radius 1 is 0.938 bits per heavy atom. The molecule has 6 aliphatic rings. The minimum Gasteiger partial charge on any atom is -0.342 e. The van der Waals surface area contributed by atoms with Crippen LogP contribution in [0.2, 0.25) is 0 Å². The van der Waals surface area contributed by atoms with E-state index in [9.17, 15) is 4.79 Å². The van der Waals surface area contributed by atoms with Gasteiger partial charge in [-0.15, -0.1) is 0 Å². The number of rotatable bonds is 6. The normalized spacial score (nSPS) is 38.4. The molecule has 1 aliphatic heterocycles. The van der Waals surface area contributed by atoms with Crippen LogP contribution in [0.1, 0.15) is 63.5 Å². The SMILES string of the molecule is CCN(CC)C(=O)[C@@H]1C[C@H](NC2C3CC4CC(C3)CC2C4)CN1C1Cc2ccccc2C1. The molecule has 4 nitrogen and oxygen atoms in total. The summed E-state index contributed by atoms with van der Waals surface area (Å²) in [6.07, 6.45) is 10.5. The van der Waals surface area contributed by atoms with Gasteiger partial charge in [0.15, 0.2) is 0 Å². The molecular weight excluding hydrogens is 394 g/mol. The standard InChI is InChI=1S/C28H41N3O/c1-3-30(4-2)28(32)26-16-24(17-31(26)25-14-20-7-5-6-8-21(20)15-25)29-27-22-10-18-9-19(12-22)13-23(27)11-18/h5-8,18-19,22-27,29H,3-4,9-17H2,1-2H3/t18?,19?,22?,23?,24-,26-,27?/m0/s1. The zero-order chi connectivity index (χ0) is 21.8. The molecule has 4 bridgehead atoms. The monoisotopic (exact) mass is 435 g/mol. The van der Waals surface area contributed by atoms with Gasteiger partial charge in [-0.25, -0.2) is 0 Å². The molecule has 2 atom stereocenters. The maximum Gasteiger partial charge on any atom is 0.239 e. The second-order valence-corrected chi connectivity index (χ2v) is 11.6. The Bertz CT molecular complexity index is 796. The van der Waals surface area contributed by atoms with E-state index in [-0.39, 0.29) is 6.04 Å². The Morgan fingerprint density at radius 3 is 2.09 bits per heavy atom. The first-order chi connectivity index (χ1) is 15.6. The number of carbonyl (C=O) groups is 1. The summed E-state index contributed by atoms with van der Waals surface area (Å²) in [5.74, 6) is 4.19. The van der Waals surface area contributed by atoms with Gasteiger partial charge in [0, 0.05) is 37.8 Å². The minimum absolute atomic E-state index is 0.0450. The van der Waals surface area contributed by atoms with Crippen molar-refractivity contribution in [3.63, 3.8) is 0 Å². The molecule has 174 valence electrons. The minimum atomic E-state index is 0.0450. The number of nitrogens with one attached hydrogen (secondary N) is 1. The molecule has 1 aromatic carbocycles. The van der Waals surface area contributed by atoms with Gasteiger partial charge in [0.05, 0.1) is 6.04 Å². The Kier molecular flexibility index (Phi) is 5.58. The third-order valence-electron chi connectivity index (χ3n) is 9.85. The van der Waals surface area contributed by atoms with Crippen LogP contribution in [0.4, 0.5) is 0 Å². The van der Waals surface area contributed by atoms with Gasteiger partial charge in [-0.2, -0.15) is 0 Å². The summed E-state index contributed by atoms with van der Waals surface area (Å²) in [5.41, 5.74) is 2.98. The Balaban J connectivity index is 1.20. The van der Waals surface area contributed by atoms with Crippen molar-refractivity contribution in [1.82, 2.24) is 15.1 Å². The van der Waals surface area contributed by atoms with Crippen LogP contribution in [0.25, 0.3) is 0 Å². The molecule has 1 amide bonds. The van der Waals surface area contributed by atoms with E-state index < -0.39 is 0 Å². The smallest absolute Gasteiger partial charge is 0.239 e. The fourth-order valence-corrected chi connectivity index (χ4v) is 8.61. The average Bonchev–Trinajstić information content (AvgIpc) is 3.40. The molecule has 1 heterocycles. The number of hydrogen-bond donors (Lipinski definition) is 1. The van der Waals surface area contributed by atoms with Crippen molar-refractivity contribution >= 4 is 5.91 Å². The van der Waals surface area contributed by atoms with E-state index in [1.165, 1.54) is 43.2 Å². The lowest BCUT2D eigenvalue weighted by atomic mass is 9.54. The fourth-order valence-electron chi connectivity index (χ4n) is 8.61. The van der Waals surface area contributed by atoms with Crippen LogP contribution in [-0.2, 0) is 17.6 Å². The first-order valence-corrected chi connectivity index (χ1v) is 13.5. The summed E-state index contributed by atoms with van der Waals surface area (Å²) < 4.78 is 0. The lowest BCUT2D eigenvalue weighted by Gasteiger charge is -2.55. The molecule has 0 aromatic heterocycles. The maximum absolute atomic E-state index is 13.6. The van der Waals surface area contributed by atoms with Gasteiger partial charge in [-0.05, 0) is 100 Å². The first-order valence-electron chi connectivity index (χ1n) is 13.5. The lowest BCUT2D eigenvalue weighted by Crippen LogP contribution is -2.57. The predicted octanol–water partition coefficient (Wildman–Crippen LogP) is 3.88. The van der Waals surface area contributed by atoms with Crippen LogP contribution in [0.15, 0.2) is 24.3 Å². The average molecular weight is 436 g/mol. The van der Waals surface area contributed by atoms with Gasteiger partial charge in [0.25, 0.3) is 0 Å². The summed E-state index contributed by atoms with van der Waals surface area (Å²) in [6.45, 7) is 6.92. The largest absolute Gasteiger partial charge is 0.342 e. The molecule has 4 saturated carbocycles. The molecular formula is C28H41N3O. The van der Waals surface area contributed by atoms with Gasteiger partial charge in [0.1, 0.15) is 0 Å². The zero-order valence-electron chi connectivity index (χ0n) is 20.0. The molecule has 0 spiro atoms. The third kappa shape index (κ3) is 3.62. The highest BCUT2D eigenvalue weighted by Crippen LogP contribution is 2.54. The van der Waals surface area contributed by atoms with Gasteiger partial charge in [-0.1, -0.05) is 24.3 Å². The van der Waals surface area contributed by atoms with Crippen LogP contribution < -0.4 is 5.32 Å². The number of likely N-dealkylation sites (tertiary alicyclic amines) is 1. The lowest BCUT2D eigenvalue weighted by molar-refractivity contribution is -0.136. The van der Waals surface area contributed by atoms with Crippen molar-refractivity contribution in [2.24, 2.45) is 23.7 Å². The number of hydrogen-bond acceptors (Lipinski definition) is 3. The predicted molar refractivity (Wildman–Crippen MR) is 128 cm³/mol. The summed E-state index contributed by atoms with van der Waals surface area (Å²) in [7, 11) is 0. The molecule has 4 heteroatoms. The molecule has 5 fully saturated rings. The zero-order valence-corrected chi connectivity index (χ0v) is 20.0. The molecule has 7 rings (SSSR count). The van der Waals surface area contributed by atoms with Crippen LogP contribution in [0.3, 0.4) is 0 Å². The van der Waals surface area contributed by atoms with Gasteiger partial charge in [0.2, 0.25) is 5.91 Å². The van der Waals surface area contributed by atoms with Crippen LogP contribution in [-0.4, -0.2) is 59.5 Å². The number of nitrogens with zero attached hydrogens (tertiary/aromatic N) is 2. The Morgan fingerprint density at radius 2 is 1.53 bits per heavy atom. The number of likely N-dealkylation sites (N-methyl/N-ethyl adjacent to an activating group) is 1. The Labute approximate surface area is 194 Å². The van der Waals surface area contributed by atoms with Gasteiger partial charge < -0.3 is 10.2 Å². The maximum atomic E-state index is 13.6. The third-order valence-corrected chi connectivity index (χ3v) is 9.85. The molecule has 32 heavy (non-hydrogen) atoms. The molecule has 5 aliphatic carbocycles. The summed E-state index contributed by atoms with van der Waals surface area (Å²) in [5, 5.41) is 4.18. The van der Waals surface area contributed by atoms with E-state index in [1.54, 1.807) is 0 Å². The molecule has 1 N–H and O–H groups in total. The van der Waals surface area contributed by atoms with Crippen molar-refractivity contribution in [2.45, 2.75) is 89.4 Å². The number of carbonyl (C=O) groups excluding carboxylic acids is 1. The van der Waals surface area contributed by atoms with Crippen molar-refractivity contribution in [1.29, 1.82) is 0 Å². The highest BCUT2D eigenvalue weighted by molar-refractivity contribution is 5.82. The number of amides is 1. The van der Waals surface area contributed by atoms with E-state index >= 15 is 0 Å². The summed E-state index contributed by atoms with van der Waals surface area (Å²) in [6, 6.07) is 10.6. The van der Waals surface area contributed by atoms with E-state index in [0.29, 0.717) is 24.0 Å². The molecule has 0 radical (unpaired) electrons. The van der Waals surface area contributed by atoms with Crippen molar-refractivity contribution in [2.75, 3.05) is 19.6 Å². The Hall–Kier alpha value is -1.39. The summed E-state index contributed by atoms with van der Waals surface area (Å²) >= 11 is 0. The highest BCUT2D eigenvalue weighted by atomic mass is 16.2. The highest BCUT2D eigenvalue weighted by Gasteiger charge is 2.50. The van der Waals surface area contributed by atoms with Gasteiger partial charge >= 0.3 is 0 Å². The van der Waals surface area contributed by atoms with E-state index in [4.69, 9.17) is 0 Å².